The van der Waals surface area contributed by atoms with Gasteiger partial charge in [-0.25, -0.2) is 4.98 Å². The summed E-state index contributed by atoms with van der Waals surface area (Å²) in [6.07, 6.45) is 1.52. The van der Waals surface area contributed by atoms with Crippen LogP contribution in [0.5, 0.6) is 0 Å². The molecule has 0 bridgehead atoms. The van der Waals surface area contributed by atoms with Gasteiger partial charge in [0.25, 0.3) is 5.91 Å². The van der Waals surface area contributed by atoms with E-state index in [1.165, 1.54) is 6.20 Å². The van der Waals surface area contributed by atoms with E-state index < -0.39 is 0 Å². The molecule has 0 saturated carbocycles. The van der Waals surface area contributed by atoms with Crippen molar-refractivity contribution in [2.24, 2.45) is 0 Å². The predicted molar refractivity (Wildman–Crippen MR) is 77.5 cm³/mol. The van der Waals surface area contributed by atoms with Gasteiger partial charge in [0.15, 0.2) is 0 Å². The molecule has 0 saturated heterocycles. The fourth-order valence-electron chi connectivity index (χ4n) is 1.61. The fourth-order valence-corrected chi connectivity index (χ4v) is 1.71. The lowest BCUT2D eigenvalue weighted by Gasteiger charge is -2.08. The Morgan fingerprint density at radius 1 is 1.26 bits per heavy atom. The molecule has 5 heteroatoms. The Morgan fingerprint density at radius 2 is 2.00 bits per heavy atom. The van der Waals surface area contributed by atoms with Crippen molar-refractivity contribution >= 4 is 28.9 Å². The summed E-state index contributed by atoms with van der Waals surface area (Å²) in [5, 5.41) is 3.19. The lowest BCUT2D eigenvalue weighted by molar-refractivity contribution is 0.102. The molecule has 19 heavy (non-hydrogen) atoms. The molecular formula is C14H14ClN3O. The second-order valence-corrected chi connectivity index (χ2v) is 4.72. The van der Waals surface area contributed by atoms with Crippen LogP contribution in [-0.4, -0.2) is 10.9 Å². The molecule has 0 aliphatic carbocycles. The van der Waals surface area contributed by atoms with Crippen molar-refractivity contribution in [3.8, 4) is 0 Å². The summed E-state index contributed by atoms with van der Waals surface area (Å²) in [6, 6.07) is 6.97. The molecule has 0 fully saturated rings. The zero-order valence-corrected chi connectivity index (χ0v) is 11.5. The normalized spacial score (nSPS) is 10.3. The van der Waals surface area contributed by atoms with Gasteiger partial charge >= 0.3 is 0 Å². The number of carbonyl (C=O) groups excluding carboxylic acids is 1. The molecule has 1 aromatic heterocycles. The predicted octanol–water partition coefficient (Wildman–Crippen LogP) is 3.19. The molecule has 0 atom stereocenters. The minimum atomic E-state index is -0.227. The van der Waals surface area contributed by atoms with Gasteiger partial charge in [-0.2, -0.15) is 0 Å². The van der Waals surface area contributed by atoms with Crippen LogP contribution in [0.15, 0.2) is 30.5 Å². The van der Waals surface area contributed by atoms with E-state index in [-0.39, 0.29) is 5.91 Å². The number of hydrogen-bond acceptors (Lipinski definition) is 3. The highest BCUT2D eigenvalue weighted by Crippen LogP contribution is 2.18. The van der Waals surface area contributed by atoms with Crippen molar-refractivity contribution in [2.45, 2.75) is 13.8 Å². The number of nitrogens with two attached hydrogens (primary N) is 1. The molecule has 1 heterocycles. The summed E-state index contributed by atoms with van der Waals surface area (Å²) in [4.78, 5) is 16.0. The average Bonchev–Trinajstić information content (AvgIpc) is 2.37. The van der Waals surface area contributed by atoms with Gasteiger partial charge in [0, 0.05) is 11.3 Å². The van der Waals surface area contributed by atoms with Crippen molar-refractivity contribution in [1.29, 1.82) is 0 Å². The molecule has 0 aliphatic heterocycles. The van der Waals surface area contributed by atoms with Gasteiger partial charge in [-0.1, -0.05) is 17.7 Å². The van der Waals surface area contributed by atoms with Crippen LogP contribution in [0, 0.1) is 13.8 Å². The number of hydrogen-bond donors (Lipinski definition) is 2. The zero-order chi connectivity index (χ0) is 14.0. The molecule has 0 radical (unpaired) electrons. The first-order valence-electron chi connectivity index (χ1n) is 5.77. The standard InChI is InChI=1S/C14H14ClN3O/c1-8-3-4-10(6-12(8)16)14(19)18-11-5-9(2)13(15)17-7-11/h3-7H,16H2,1-2H3,(H,18,19). The van der Waals surface area contributed by atoms with Gasteiger partial charge in [0.2, 0.25) is 0 Å². The number of anilines is 2. The maximum Gasteiger partial charge on any atom is 0.255 e. The van der Waals surface area contributed by atoms with Gasteiger partial charge in [-0.05, 0) is 43.2 Å². The number of amides is 1. The number of aromatic nitrogens is 1. The number of benzene rings is 1. The summed E-state index contributed by atoms with van der Waals surface area (Å²) in [5.41, 5.74) is 9.25. The molecule has 4 nitrogen and oxygen atoms in total. The molecule has 0 aliphatic rings. The van der Waals surface area contributed by atoms with Crippen LogP contribution in [0.3, 0.4) is 0 Å². The first-order chi connectivity index (χ1) is 8.97. The molecule has 2 aromatic rings. The second-order valence-electron chi connectivity index (χ2n) is 4.36. The number of carbonyl (C=O) groups is 1. The highest BCUT2D eigenvalue weighted by Gasteiger charge is 2.08. The van der Waals surface area contributed by atoms with Crippen LogP contribution >= 0.6 is 11.6 Å². The summed E-state index contributed by atoms with van der Waals surface area (Å²) in [5.74, 6) is -0.227. The highest BCUT2D eigenvalue weighted by molar-refractivity contribution is 6.30. The number of nitrogen functional groups attached to an aromatic ring is 1. The molecule has 0 spiro atoms. The van der Waals surface area contributed by atoms with Gasteiger partial charge < -0.3 is 11.1 Å². The quantitative estimate of drug-likeness (QED) is 0.653. The summed E-state index contributed by atoms with van der Waals surface area (Å²) in [6.45, 7) is 3.72. The summed E-state index contributed by atoms with van der Waals surface area (Å²) in [7, 11) is 0. The van der Waals surface area contributed by atoms with Gasteiger partial charge in [-0.15, -0.1) is 0 Å². The Bertz CT molecular complexity index is 641. The van der Waals surface area contributed by atoms with Crippen molar-refractivity contribution < 1.29 is 4.79 Å². The zero-order valence-electron chi connectivity index (χ0n) is 10.7. The van der Waals surface area contributed by atoms with E-state index in [9.17, 15) is 4.79 Å². The van der Waals surface area contributed by atoms with Gasteiger partial charge in [0.05, 0.1) is 11.9 Å². The maximum absolute atomic E-state index is 12.0. The van der Waals surface area contributed by atoms with Crippen LogP contribution in [0.25, 0.3) is 0 Å². The van der Waals surface area contributed by atoms with Crippen LogP contribution < -0.4 is 11.1 Å². The van der Waals surface area contributed by atoms with E-state index >= 15 is 0 Å². The largest absolute Gasteiger partial charge is 0.398 e. The van der Waals surface area contributed by atoms with Crippen LogP contribution in [-0.2, 0) is 0 Å². The minimum Gasteiger partial charge on any atom is -0.398 e. The number of halogens is 1. The van der Waals surface area contributed by atoms with Crippen molar-refractivity contribution in [1.82, 2.24) is 4.98 Å². The Labute approximate surface area is 116 Å². The fraction of sp³-hybridized carbons (Fsp3) is 0.143. The van der Waals surface area contributed by atoms with Gasteiger partial charge in [0.1, 0.15) is 5.15 Å². The molecule has 0 unspecified atom stereocenters. The topological polar surface area (TPSA) is 68.0 Å². The Morgan fingerprint density at radius 3 is 2.63 bits per heavy atom. The maximum atomic E-state index is 12.0. The molecule has 98 valence electrons. The van der Waals surface area contributed by atoms with E-state index in [0.717, 1.165) is 11.1 Å². The van der Waals surface area contributed by atoms with Crippen LogP contribution in [0.2, 0.25) is 5.15 Å². The van der Waals surface area contributed by atoms with E-state index in [1.54, 1.807) is 18.2 Å². The van der Waals surface area contributed by atoms with Crippen molar-refractivity contribution in [3.05, 3.63) is 52.3 Å². The van der Waals surface area contributed by atoms with E-state index in [0.29, 0.717) is 22.1 Å². The number of pyridine rings is 1. The molecule has 1 aromatic carbocycles. The molecule has 2 rings (SSSR count). The monoisotopic (exact) mass is 275 g/mol. The van der Waals surface area contributed by atoms with E-state index in [4.69, 9.17) is 17.3 Å². The number of rotatable bonds is 2. The molecular weight excluding hydrogens is 262 g/mol. The summed E-state index contributed by atoms with van der Waals surface area (Å²) < 4.78 is 0. The SMILES string of the molecule is Cc1ccc(C(=O)Nc2cnc(Cl)c(C)c2)cc1N. The summed E-state index contributed by atoms with van der Waals surface area (Å²) >= 11 is 5.83. The number of nitrogens with zero attached hydrogens (tertiary/aromatic N) is 1. The average molecular weight is 276 g/mol. The third-order valence-electron chi connectivity index (χ3n) is 2.81. The van der Waals surface area contributed by atoms with Crippen LogP contribution in [0.4, 0.5) is 11.4 Å². The Kier molecular flexibility index (Phi) is 3.71. The highest BCUT2D eigenvalue weighted by atomic mass is 35.5. The minimum absolute atomic E-state index is 0.227. The lowest BCUT2D eigenvalue weighted by atomic mass is 10.1. The Balaban J connectivity index is 2.20. The first-order valence-corrected chi connectivity index (χ1v) is 6.15. The first kappa shape index (κ1) is 13.4. The number of aryl methyl sites for hydroxylation is 2. The van der Waals surface area contributed by atoms with E-state index in [2.05, 4.69) is 10.3 Å². The van der Waals surface area contributed by atoms with Gasteiger partial charge in [-0.3, -0.25) is 4.79 Å². The van der Waals surface area contributed by atoms with Crippen molar-refractivity contribution in [3.63, 3.8) is 0 Å². The lowest BCUT2D eigenvalue weighted by Crippen LogP contribution is -2.12. The van der Waals surface area contributed by atoms with Crippen molar-refractivity contribution in [2.75, 3.05) is 11.1 Å². The second kappa shape index (κ2) is 5.28. The third-order valence-corrected chi connectivity index (χ3v) is 3.21. The number of nitrogens with one attached hydrogen (secondary N) is 1. The molecule has 1 amide bonds. The Hall–Kier alpha value is -2.07. The van der Waals surface area contributed by atoms with E-state index in [1.807, 2.05) is 19.9 Å². The smallest absolute Gasteiger partial charge is 0.255 e. The third kappa shape index (κ3) is 3.03. The van der Waals surface area contributed by atoms with Crippen LogP contribution in [0.1, 0.15) is 21.5 Å². The molecule has 3 N–H and O–H groups in total.